The number of hydrogen-bond acceptors (Lipinski definition) is 2. The molecular weight excluding hydrogens is 234 g/mol. The molecule has 3 nitrogen and oxygen atoms in total. The summed E-state index contributed by atoms with van der Waals surface area (Å²) < 4.78 is 2.32. The predicted octanol–water partition coefficient (Wildman–Crippen LogP) is 3.33. The molecule has 90 valence electrons. The van der Waals surface area contributed by atoms with E-state index in [4.69, 9.17) is 11.6 Å². The van der Waals surface area contributed by atoms with Crippen molar-refractivity contribution in [3.8, 4) is 0 Å². The van der Waals surface area contributed by atoms with Gasteiger partial charge in [0.25, 0.3) is 0 Å². The quantitative estimate of drug-likeness (QED) is 0.782. The van der Waals surface area contributed by atoms with Gasteiger partial charge in [0.2, 0.25) is 0 Å². The minimum absolute atomic E-state index is 0.577. The van der Waals surface area contributed by atoms with Crippen LogP contribution in [0.3, 0.4) is 0 Å². The van der Waals surface area contributed by atoms with E-state index < -0.39 is 0 Å². The van der Waals surface area contributed by atoms with Crippen LogP contribution in [0.2, 0.25) is 0 Å². The summed E-state index contributed by atoms with van der Waals surface area (Å²) in [6.07, 6.45) is 7.80. The average molecular weight is 250 g/mol. The van der Waals surface area contributed by atoms with Gasteiger partial charge in [0.1, 0.15) is 11.3 Å². The molecule has 0 aromatic carbocycles. The molecular formula is C13H16ClN3. The number of aryl methyl sites for hydroxylation is 1. The molecule has 1 aliphatic carbocycles. The molecule has 0 spiro atoms. The molecule has 0 bridgehead atoms. The van der Waals surface area contributed by atoms with E-state index in [-0.39, 0.29) is 0 Å². The van der Waals surface area contributed by atoms with Crippen molar-refractivity contribution < 1.29 is 0 Å². The van der Waals surface area contributed by atoms with E-state index in [1.54, 1.807) is 0 Å². The van der Waals surface area contributed by atoms with Crippen LogP contribution < -0.4 is 0 Å². The molecule has 1 aliphatic rings. The SMILES string of the molecule is ClCCc1nc2cccnc2n1C1CCCC1. The number of aromatic nitrogens is 3. The summed E-state index contributed by atoms with van der Waals surface area (Å²) in [6.45, 7) is 0. The van der Waals surface area contributed by atoms with E-state index in [0.717, 1.165) is 23.4 Å². The van der Waals surface area contributed by atoms with Crippen molar-refractivity contribution in [2.45, 2.75) is 38.1 Å². The van der Waals surface area contributed by atoms with Crippen LogP contribution >= 0.6 is 11.6 Å². The zero-order valence-electron chi connectivity index (χ0n) is 9.77. The summed E-state index contributed by atoms with van der Waals surface area (Å²) in [6, 6.07) is 4.55. The van der Waals surface area contributed by atoms with Crippen molar-refractivity contribution >= 4 is 22.8 Å². The first kappa shape index (κ1) is 11.0. The maximum absolute atomic E-state index is 5.87. The van der Waals surface area contributed by atoms with Crippen LogP contribution in [0.5, 0.6) is 0 Å². The van der Waals surface area contributed by atoms with Gasteiger partial charge < -0.3 is 4.57 Å². The fraction of sp³-hybridized carbons (Fsp3) is 0.538. The number of pyridine rings is 1. The van der Waals surface area contributed by atoms with Crippen molar-refractivity contribution in [3.63, 3.8) is 0 Å². The van der Waals surface area contributed by atoms with Crippen molar-refractivity contribution in [1.82, 2.24) is 14.5 Å². The molecule has 2 heterocycles. The van der Waals surface area contributed by atoms with Gasteiger partial charge in [0.15, 0.2) is 5.65 Å². The fourth-order valence-electron chi connectivity index (χ4n) is 2.78. The zero-order valence-corrected chi connectivity index (χ0v) is 10.5. The van der Waals surface area contributed by atoms with Crippen molar-refractivity contribution in [1.29, 1.82) is 0 Å². The molecule has 0 radical (unpaired) electrons. The maximum Gasteiger partial charge on any atom is 0.160 e. The van der Waals surface area contributed by atoms with E-state index in [2.05, 4.69) is 14.5 Å². The van der Waals surface area contributed by atoms with Gasteiger partial charge in [-0.2, -0.15) is 0 Å². The molecule has 0 atom stereocenters. The Hall–Kier alpha value is -1.09. The molecule has 0 aliphatic heterocycles. The zero-order chi connectivity index (χ0) is 11.7. The number of imidazole rings is 1. The van der Waals surface area contributed by atoms with E-state index in [1.165, 1.54) is 25.7 Å². The molecule has 2 aromatic heterocycles. The Morgan fingerprint density at radius 2 is 2.18 bits per heavy atom. The first-order valence-electron chi connectivity index (χ1n) is 6.28. The topological polar surface area (TPSA) is 30.7 Å². The Morgan fingerprint density at radius 1 is 1.35 bits per heavy atom. The summed E-state index contributed by atoms with van der Waals surface area (Å²) in [5, 5.41) is 0. The molecule has 0 unspecified atom stereocenters. The smallest absolute Gasteiger partial charge is 0.160 e. The van der Waals surface area contributed by atoms with Crippen molar-refractivity contribution in [2.75, 3.05) is 5.88 Å². The minimum atomic E-state index is 0.577. The standard InChI is InChI=1S/C13H16ClN3/c14-8-7-12-16-11-6-3-9-15-13(11)17(12)10-4-1-2-5-10/h3,6,9-10H,1-2,4-5,7-8H2. The van der Waals surface area contributed by atoms with E-state index in [0.29, 0.717) is 11.9 Å². The fourth-order valence-corrected chi connectivity index (χ4v) is 2.95. The molecule has 4 heteroatoms. The second kappa shape index (κ2) is 4.65. The molecule has 2 aromatic rings. The Balaban J connectivity index is 2.13. The summed E-state index contributed by atoms with van der Waals surface area (Å²) >= 11 is 5.87. The average Bonchev–Trinajstić information content (AvgIpc) is 2.94. The highest BCUT2D eigenvalue weighted by Crippen LogP contribution is 2.33. The largest absolute Gasteiger partial charge is 0.310 e. The normalized spacial score (nSPS) is 17.0. The summed E-state index contributed by atoms with van der Waals surface area (Å²) in [5.74, 6) is 1.72. The predicted molar refractivity (Wildman–Crippen MR) is 69.5 cm³/mol. The Bertz CT molecular complexity index is 514. The molecule has 17 heavy (non-hydrogen) atoms. The summed E-state index contributed by atoms with van der Waals surface area (Å²) in [4.78, 5) is 9.15. The molecule has 0 N–H and O–H groups in total. The first-order valence-corrected chi connectivity index (χ1v) is 6.81. The number of alkyl halides is 1. The van der Waals surface area contributed by atoms with Crippen molar-refractivity contribution in [3.05, 3.63) is 24.2 Å². The lowest BCUT2D eigenvalue weighted by molar-refractivity contribution is 0.510. The molecule has 3 rings (SSSR count). The highest BCUT2D eigenvalue weighted by atomic mass is 35.5. The first-order chi connectivity index (χ1) is 8.40. The van der Waals surface area contributed by atoms with Gasteiger partial charge in [-0.05, 0) is 25.0 Å². The second-order valence-corrected chi connectivity index (χ2v) is 5.00. The van der Waals surface area contributed by atoms with Gasteiger partial charge in [-0.25, -0.2) is 9.97 Å². The number of nitrogens with zero attached hydrogens (tertiary/aromatic N) is 3. The van der Waals surface area contributed by atoms with E-state index >= 15 is 0 Å². The monoisotopic (exact) mass is 249 g/mol. The van der Waals surface area contributed by atoms with Gasteiger partial charge in [-0.1, -0.05) is 12.8 Å². The Morgan fingerprint density at radius 3 is 2.94 bits per heavy atom. The highest BCUT2D eigenvalue weighted by molar-refractivity contribution is 6.17. The van der Waals surface area contributed by atoms with Gasteiger partial charge >= 0.3 is 0 Å². The van der Waals surface area contributed by atoms with Crippen LogP contribution in [0.15, 0.2) is 18.3 Å². The molecule has 1 saturated carbocycles. The number of hydrogen-bond donors (Lipinski definition) is 0. The molecule has 0 saturated heterocycles. The Kier molecular flexibility index (Phi) is 3.02. The summed E-state index contributed by atoms with van der Waals surface area (Å²) in [7, 11) is 0. The van der Waals surface area contributed by atoms with Gasteiger partial charge in [-0.15, -0.1) is 11.6 Å². The number of rotatable bonds is 3. The third-order valence-corrected chi connectivity index (χ3v) is 3.72. The highest BCUT2D eigenvalue weighted by Gasteiger charge is 2.22. The van der Waals surface area contributed by atoms with E-state index in [9.17, 15) is 0 Å². The van der Waals surface area contributed by atoms with Crippen LogP contribution in [0.4, 0.5) is 0 Å². The minimum Gasteiger partial charge on any atom is -0.310 e. The van der Waals surface area contributed by atoms with E-state index in [1.807, 2.05) is 18.3 Å². The van der Waals surface area contributed by atoms with Crippen LogP contribution in [0, 0.1) is 0 Å². The van der Waals surface area contributed by atoms with Crippen LogP contribution in [0.1, 0.15) is 37.5 Å². The number of halogens is 1. The summed E-state index contributed by atoms with van der Waals surface area (Å²) in [5.41, 5.74) is 2.03. The lowest BCUT2D eigenvalue weighted by Crippen LogP contribution is -2.10. The number of fused-ring (bicyclic) bond motifs is 1. The van der Waals surface area contributed by atoms with Crippen LogP contribution in [0.25, 0.3) is 11.2 Å². The van der Waals surface area contributed by atoms with Crippen LogP contribution in [-0.4, -0.2) is 20.4 Å². The van der Waals surface area contributed by atoms with Gasteiger partial charge in [0, 0.05) is 24.5 Å². The Labute approximate surface area is 106 Å². The lowest BCUT2D eigenvalue weighted by Gasteiger charge is -2.15. The lowest BCUT2D eigenvalue weighted by atomic mass is 10.2. The maximum atomic E-state index is 5.87. The molecule has 0 amide bonds. The van der Waals surface area contributed by atoms with Crippen molar-refractivity contribution in [2.24, 2.45) is 0 Å². The second-order valence-electron chi connectivity index (χ2n) is 4.62. The molecule has 1 fully saturated rings. The van der Waals surface area contributed by atoms with Gasteiger partial charge in [-0.3, -0.25) is 0 Å². The third kappa shape index (κ3) is 1.93. The third-order valence-electron chi connectivity index (χ3n) is 3.53. The van der Waals surface area contributed by atoms with Gasteiger partial charge in [0.05, 0.1) is 0 Å². The van der Waals surface area contributed by atoms with Crippen LogP contribution in [-0.2, 0) is 6.42 Å².